The van der Waals surface area contributed by atoms with Crippen LogP contribution in [0, 0.1) is 0 Å². The molecular weight excluding hydrogens is 170 g/mol. The predicted molar refractivity (Wildman–Crippen MR) is 48.0 cm³/mol. The zero-order valence-electron chi connectivity index (χ0n) is 8.66. The van der Waals surface area contributed by atoms with Gasteiger partial charge in [0.25, 0.3) is 5.91 Å². The van der Waals surface area contributed by atoms with E-state index in [-0.39, 0.29) is 17.6 Å². The number of amides is 1. The van der Waals surface area contributed by atoms with Gasteiger partial charge in [0.15, 0.2) is 0 Å². The maximum atomic E-state index is 11.5. The van der Waals surface area contributed by atoms with E-state index in [1.165, 1.54) is 12.2 Å². The Labute approximate surface area is 78.8 Å². The standard InChI is InChI=1S/C9H17NO3/c1-9(2)6-5-7(13-9)8(11)10(3)12-4/h7H,5-6H2,1-4H3. The summed E-state index contributed by atoms with van der Waals surface area (Å²) < 4.78 is 5.56. The van der Waals surface area contributed by atoms with Crippen molar-refractivity contribution in [2.75, 3.05) is 14.2 Å². The van der Waals surface area contributed by atoms with Crippen LogP contribution in [0.5, 0.6) is 0 Å². The molecule has 4 nitrogen and oxygen atoms in total. The van der Waals surface area contributed by atoms with Crippen LogP contribution in [0.4, 0.5) is 0 Å². The van der Waals surface area contributed by atoms with Crippen LogP contribution in [0.15, 0.2) is 0 Å². The number of nitrogens with zero attached hydrogens (tertiary/aromatic N) is 1. The van der Waals surface area contributed by atoms with E-state index in [1.54, 1.807) is 7.05 Å². The molecule has 4 heteroatoms. The lowest BCUT2D eigenvalue weighted by atomic mass is 10.1. The molecule has 1 heterocycles. The van der Waals surface area contributed by atoms with Crippen molar-refractivity contribution in [1.29, 1.82) is 0 Å². The van der Waals surface area contributed by atoms with E-state index in [4.69, 9.17) is 9.57 Å². The molecule has 1 saturated heterocycles. The number of rotatable bonds is 2. The van der Waals surface area contributed by atoms with Gasteiger partial charge in [0, 0.05) is 7.05 Å². The molecule has 0 saturated carbocycles. The maximum Gasteiger partial charge on any atom is 0.274 e. The highest BCUT2D eigenvalue weighted by atomic mass is 16.7. The topological polar surface area (TPSA) is 38.8 Å². The molecule has 0 N–H and O–H groups in total. The van der Waals surface area contributed by atoms with E-state index < -0.39 is 0 Å². The monoisotopic (exact) mass is 187 g/mol. The first-order valence-electron chi connectivity index (χ1n) is 4.46. The molecule has 1 aliphatic rings. The third-order valence-electron chi connectivity index (χ3n) is 2.33. The van der Waals surface area contributed by atoms with Crippen molar-refractivity contribution < 1.29 is 14.4 Å². The fourth-order valence-electron chi connectivity index (χ4n) is 1.45. The molecule has 0 aromatic heterocycles. The van der Waals surface area contributed by atoms with Gasteiger partial charge in [0.2, 0.25) is 0 Å². The summed E-state index contributed by atoms with van der Waals surface area (Å²) in [6.07, 6.45) is 1.36. The lowest BCUT2D eigenvalue weighted by molar-refractivity contribution is -0.182. The Kier molecular flexibility index (Phi) is 2.93. The van der Waals surface area contributed by atoms with Gasteiger partial charge < -0.3 is 4.74 Å². The number of hydrogen-bond donors (Lipinski definition) is 0. The molecule has 1 atom stereocenters. The van der Waals surface area contributed by atoms with Gasteiger partial charge in [-0.05, 0) is 26.7 Å². The summed E-state index contributed by atoms with van der Waals surface area (Å²) in [6.45, 7) is 3.99. The van der Waals surface area contributed by atoms with Crippen LogP contribution in [0.1, 0.15) is 26.7 Å². The second-order valence-corrected chi connectivity index (χ2v) is 3.92. The second-order valence-electron chi connectivity index (χ2n) is 3.92. The number of carbonyl (C=O) groups excluding carboxylic acids is 1. The summed E-state index contributed by atoms with van der Waals surface area (Å²) in [5.74, 6) is -0.104. The largest absolute Gasteiger partial charge is 0.362 e. The molecule has 0 aliphatic carbocycles. The Hall–Kier alpha value is -0.610. The summed E-state index contributed by atoms with van der Waals surface area (Å²) in [5.41, 5.74) is -0.172. The van der Waals surface area contributed by atoms with Crippen molar-refractivity contribution in [3.05, 3.63) is 0 Å². The molecule has 13 heavy (non-hydrogen) atoms. The Morgan fingerprint density at radius 1 is 1.62 bits per heavy atom. The van der Waals surface area contributed by atoms with E-state index in [2.05, 4.69) is 0 Å². The third-order valence-corrected chi connectivity index (χ3v) is 2.33. The minimum absolute atomic E-state index is 0.104. The SMILES string of the molecule is CON(C)C(=O)C1CCC(C)(C)O1. The highest BCUT2D eigenvalue weighted by Crippen LogP contribution is 2.29. The van der Waals surface area contributed by atoms with E-state index in [9.17, 15) is 4.79 Å². The molecule has 1 rings (SSSR count). The number of carbonyl (C=O) groups is 1. The summed E-state index contributed by atoms with van der Waals surface area (Å²) in [4.78, 5) is 16.3. The van der Waals surface area contributed by atoms with Crippen molar-refractivity contribution in [3.63, 3.8) is 0 Å². The maximum absolute atomic E-state index is 11.5. The Morgan fingerprint density at radius 2 is 2.23 bits per heavy atom. The Balaban J connectivity index is 2.51. The van der Waals surface area contributed by atoms with Crippen LogP contribution < -0.4 is 0 Å². The summed E-state index contributed by atoms with van der Waals surface area (Å²) >= 11 is 0. The van der Waals surface area contributed by atoms with Crippen molar-refractivity contribution in [2.24, 2.45) is 0 Å². The first-order chi connectivity index (χ1) is 5.96. The van der Waals surface area contributed by atoms with Gasteiger partial charge in [-0.25, -0.2) is 5.06 Å². The van der Waals surface area contributed by atoms with Gasteiger partial charge >= 0.3 is 0 Å². The van der Waals surface area contributed by atoms with Gasteiger partial charge in [-0.1, -0.05) is 0 Å². The Bertz CT molecular complexity index is 203. The minimum Gasteiger partial charge on any atom is -0.362 e. The molecule has 0 aromatic carbocycles. The van der Waals surface area contributed by atoms with Crippen molar-refractivity contribution in [1.82, 2.24) is 5.06 Å². The quantitative estimate of drug-likeness (QED) is 0.604. The zero-order valence-corrected chi connectivity index (χ0v) is 8.66. The average molecular weight is 187 g/mol. The van der Waals surface area contributed by atoms with Crippen molar-refractivity contribution >= 4 is 5.91 Å². The molecule has 1 unspecified atom stereocenters. The average Bonchev–Trinajstić information content (AvgIpc) is 2.43. The molecule has 0 bridgehead atoms. The Morgan fingerprint density at radius 3 is 2.62 bits per heavy atom. The summed E-state index contributed by atoms with van der Waals surface area (Å²) in [7, 11) is 3.06. The van der Waals surface area contributed by atoms with Crippen LogP contribution in [0.25, 0.3) is 0 Å². The summed E-state index contributed by atoms with van der Waals surface area (Å²) in [6, 6.07) is 0. The lowest BCUT2D eigenvalue weighted by Gasteiger charge is -2.21. The molecule has 0 spiro atoms. The van der Waals surface area contributed by atoms with E-state index in [0.29, 0.717) is 0 Å². The highest BCUT2D eigenvalue weighted by Gasteiger charge is 2.37. The fourth-order valence-corrected chi connectivity index (χ4v) is 1.45. The highest BCUT2D eigenvalue weighted by molar-refractivity contribution is 5.80. The van der Waals surface area contributed by atoms with E-state index >= 15 is 0 Å². The number of ether oxygens (including phenoxy) is 1. The lowest BCUT2D eigenvalue weighted by Crippen LogP contribution is -2.36. The second kappa shape index (κ2) is 3.64. The fraction of sp³-hybridized carbons (Fsp3) is 0.889. The molecule has 0 aromatic rings. The predicted octanol–water partition coefficient (Wildman–Crippen LogP) is 0.964. The van der Waals surface area contributed by atoms with Crippen LogP contribution in [-0.2, 0) is 14.4 Å². The number of hydroxylamine groups is 2. The third kappa shape index (κ3) is 2.42. The normalized spacial score (nSPS) is 26.0. The van der Waals surface area contributed by atoms with Gasteiger partial charge in [0.1, 0.15) is 6.10 Å². The van der Waals surface area contributed by atoms with Crippen LogP contribution >= 0.6 is 0 Å². The van der Waals surface area contributed by atoms with E-state index in [0.717, 1.165) is 12.8 Å². The zero-order chi connectivity index (χ0) is 10.1. The first-order valence-corrected chi connectivity index (χ1v) is 4.46. The van der Waals surface area contributed by atoms with Gasteiger partial charge in [0.05, 0.1) is 12.7 Å². The van der Waals surface area contributed by atoms with Crippen LogP contribution in [0.2, 0.25) is 0 Å². The summed E-state index contributed by atoms with van der Waals surface area (Å²) in [5, 5.41) is 1.21. The number of hydrogen-bond acceptors (Lipinski definition) is 3. The number of likely N-dealkylation sites (N-methyl/N-ethyl adjacent to an activating group) is 1. The van der Waals surface area contributed by atoms with Crippen molar-refractivity contribution in [3.8, 4) is 0 Å². The first kappa shape index (κ1) is 10.5. The van der Waals surface area contributed by atoms with Gasteiger partial charge in [-0.15, -0.1) is 0 Å². The van der Waals surface area contributed by atoms with Crippen molar-refractivity contribution in [2.45, 2.75) is 38.4 Å². The molecule has 1 aliphatic heterocycles. The molecule has 76 valence electrons. The minimum atomic E-state index is -0.333. The molecule has 0 radical (unpaired) electrons. The van der Waals surface area contributed by atoms with Gasteiger partial charge in [-0.3, -0.25) is 9.63 Å². The van der Waals surface area contributed by atoms with Gasteiger partial charge in [-0.2, -0.15) is 0 Å². The van der Waals surface area contributed by atoms with Crippen LogP contribution in [-0.4, -0.2) is 36.8 Å². The van der Waals surface area contributed by atoms with E-state index in [1.807, 2.05) is 13.8 Å². The van der Waals surface area contributed by atoms with Crippen LogP contribution in [0.3, 0.4) is 0 Å². The molecular formula is C9H17NO3. The smallest absolute Gasteiger partial charge is 0.274 e. The molecule has 1 fully saturated rings. The molecule has 1 amide bonds.